The molecule has 0 aliphatic carbocycles. The summed E-state index contributed by atoms with van der Waals surface area (Å²) in [6.07, 6.45) is 0.533. The zero-order valence-electron chi connectivity index (χ0n) is 15.2. The molecule has 0 aromatic heterocycles. The van der Waals surface area contributed by atoms with E-state index in [1.807, 2.05) is 19.9 Å². The Morgan fingerprint density at radius 3 is 2.22 bits per heavy atom. The number of carbonyl (C=O) groups excluding carboxylic acids is 2. The quantitative estimate of drug-likeness (QED) is 0.744. The average Bonchev–Trinajstić information content (AvgIpc) is 2.60. The van der Waals surface area contributed by atoms with Crippen LogP contribution in [0.5, 0.6) is 5.75 Å². The van der Waals surface area contributed by atoms with E-state index in [0.717, 1.165) is 16.7 Å². The summed E-state index contributed by atoms with van der Waals surface area (Å²) in [6, 6.07) is 11.7. The Balaban J connectivity index is 1.72. The Morgan fingerprint density at radius 2 is 1.63 bits per heavy atom. The molecule has 5 nitrogen and oxygen atoms in total. The molecular weight excluding hydrogens is 354 g/mol. The second-order valence-electron chi connectivity index (χ2n) is 6.18. The van der Waals surface area contributed by atoms with Crippen LogP contribution in [-0.4, -0.2) is 31.5 Å². The summed E-state index contributed by atoms with van der Waals surface area (Å²) >= 11 is 0. The molecular formula is C20H22F2N2O3. The third-order valence-corrected chi connectivity index (χ3v) is 3.78. The smallest absolute Gasteiger partial charge is 0.387 e. The lowest BCUT2D eigenvalue weighted by Crippen LogP contribution is -2.37. The highest BCUT2D eigenvalue weighted by Crippen LogP contribution is 2.15. The predicted octanol–water partition coefficient (Wildman–Crippen LogP) is 2.99. The predicted molar refractivity (Wildman–Crippen MR) is 98.0 cm³/mol. The van der Waals surface area contributed by atoms with Crippen molar-refractivity contribution in [2.75, 3.05) is 13.1 Å². The lowest BCUT2D eigenvalue weighted by Gasteiger charge is -2.09. The zero-order valence-corrected chi connectivity index (χ0v) is 15.2. The van der Waals surface area contributed by atoms with Crippen molar-refractivity contribution in [2.24, 2.45) is 0 Å². The Hall–Kier alpha value is -2.96. The number of ether oxygens (including phenoxy) is 1. The Morgan fingerprint density at radius 1 is 1.00 bits per heavy atom. The van der Waals surface area contributed by atoms with Crippen LogP contribution in [0, 0.1) is 13.8 Å². The third kappa shape index (κ3) is 7.05. The van der Waals surface area contributed by atoms with Gasteiger partial charge in [-0.2, -0.15) is 8.78 Å². The van der Waals surface area contributed by atoms with Gasteiger partial charge >= 0.3 is 6.61 Å². The summed E-state index contributed by atoms with van der Waals surface area (Å²) in [5.74, 6) is -0.510. The number of alkyl halides is 2. The van der Waals surface area contributed by atoms with Gasteiger partial charge in [-0.1, -0.05) is 29.3 Å². The third-order valence-electron chi connectivity index (χ3n) is 3.78. The second-order valence-corrected chi connectivity index (χ2v) is 6.18. The van der Waals surface area contributed by atoms with Crippen LogP contribution in [0.2, 0.25) is 0 Å². The molecule has 0 spiro atoms. The first-order chi connectivity index (χ1) is 12.8. The number of carbonyl (C=O) groups is 2. The minimum absolute atomic E-state index is 0.0897. The highest BCUT2D eigenvalue weighted by atomic mass is 19.3. The summed E-state index contributed by atoms with van der Waals surface area (Å²) in [7, 11) is 0. The summed E-state index contributed by atoms with van der Waals surface area (Å²) in [5.41, 5.74) is 3.35. The number of hydrogen-bond donors (Lipinski definition) is 2. The molecule has 27 heavy (non-hydrogen) atoms. The first-order valence-corrected chi connectivity index (χ1v) is 8.50. The molecule has 0 heterocycles. The maximum absolute atomic E-state index is 12.1. The van der Waals surface area contributed by atoms with Crippen LogP contribution in [0.4, 0.5) is 8.78 Å². The normalized spacial score (nSPS) is 10.6. The number of halogens is 2. The van der Waals surface area contributed by atoms with Gasteiger partial charge < -0.3 is 15.4 Å². The van der Waals surface area contributed by atoms with Crippen molar-refractivity contribution in [3.8, 4) is 5.75 Å². The summed E-state index contributed by atoms with van der Waals surface area (Å²) in [5, 5.41) is 5.29. The lowest BCUT2D eigenvalue weighted by atomic mass is 10.1. The van der Waals surface area contributed by atoms with Gasteiger partial charge in [0.15, 0.2) is 0 Å². The van der Waals surface area contributed by atoms with Gasteiger partial charge in [-0.25, -0.2) is 0 Å². The summed E-state index contributed by atoms with van der Waals surface area (Å²) < 4.78 is 28.5. The fourth-order valence-electron chi connectivity index (χ4n) is 2.61. The molecule has 2 rings (SSSR count). The fraction of sp³-hybridized carbons (Fsp3) is 0.300. The summed E-state index contributed by atoms with van der Waals surface area (Å²) in [6.45, 7) is 1.21. The van der Waals surface area contributed by atoms with Crippen molar-refractivity contribution in [3.63, 3.8) is 0 Å². The number of amides is 2. The van der Waals surface area contributed by atoms with Crippen molar-refractivity contribution < 1.29 is 23.1 Å². The highest BCUT2D eigenvalue weighted by molar-refractivity contribution is 5.96. The number of benzene rings is 2. The van der Waals surface area contributed by atoms with E-state index in [0.29, 0.717) is 18.5 Å². The zero-order chi connectivity index (χ0) is 19.8. The molecule has 0 saturated carbocycles. The Bertz CT molecular complexity index is 772. The SMILES string of the molecule is Cc1cc(C)cc(C(=O)NCC(=O)NCCc2ccc(OC(F)F)cc2)c1. The van der Waals surface area contributed by atoms with Crippen LogP contribution in [0.3, 0.4) is 0 Å². The molecule has 0 aliphatic heterocycles. The topological polar surface area (TPSA) is 67.4 Å². The lowest BCUT2D eigenvalue weighted by molar-refractivity contribution is -0.120. The number of rotatable bonds is 8. The number of nitrogens with one attached hydrogen (secondary N) is 2. The monoisotopic (exact) mass is 376 g/mol. The van der Waals surface area contributed by atoms with Gasteiger partial charge in [-0.15, -0.1) is 0 Å². The molecule has 0 unspecified atom stereocenters. The molecule has 0 saturated heterocycles. The van der Waals surface area contributed by atoms with Crippen molar-refractivity contribution >= 4 is 11.8 Å². The molecule has 2 amide bonds. The molecule has 2 N–H and O–H groups in total. The molecule has 0 radical (unpaired) electrons. The minimum Gasteiger partial charge on any atom is -0.435 e. The molecule has 144 valence electrons. The number of aryl methyl sites for hydroxylation is 2. The van der Waals surface area contributed by atoms with E-state index in [-0.39, 0.29) is 24.1 Å². The van der Waals surface area contributed by atoms with Gasteiger partial charge in [0.2, 0.25) is 5.91 Å². The van der Waals surface area contributed by atoms with Gasteiger partial charge in [0.05, 0.1) is 6.54 Å². The summed E-state index contributed by atoms with van der Waals surface area (Å²) in [4.78, 5) is 23.9. The van der Waals surface area contributed by atoms with Gasteiger partial charge in [0.25, 0.3) is 5.91 Å². The standard InChI is InChI=1S/C20H22F2N2O3/c1-13-9-14(2)11-16(10-13)19(26)24-12-18(25)23-8-7-15-3-5-17(6-4-15)27-20(21)22/h3-6,9-11,20H,7-8,12H2,1-2H3,(H,23,25)(H,24,26). The molecule has 0 aliphatic rings. The second kappa shape index (κ2) is 9.66. The van der Waals surface area contributed by atoms with Crippen LogP contribution >= 0.6 is 0 Å². The van der Waals surface area contributed by atoms with E-state index in [4.69, 9.17) is 0 Å². The van der Waals surface area contributed by atoms with Crippen LogP contribution in [0.1, 0.15) is 27.0 Å². The van der Waals surface area contributed by atoms with E-state index in [1.54, 1.807) is 24.3 Å². The van der Waals surface area contributed by atoms with Crippen molar-refractivity contribution in [1.82, 2.24) is 10.6 Å². The Labute approximate surface area is 156 Å². The van der Waals surface area contributed by atoms with E-state index in [9.17, 15) is 18.4 Å². The number of hydrogen-bond acceptors (Lipinski definition) is 3. The highest BCUT2D eigenvalue weighted by Gasteiger charge is 2.09. The fourth-order valence-corrected chi connectivity index (χ4v) is 2.61. The maximum atomic E-state index is 12.1. The first kappa shape index (κ1) is 20.4. The van der Waals surface area contributed by atoms with Crippen LogP contribution in [0.15, 0.2) is 42.5 Å². The molecule has 0 bridgehead atoms. The maximum Gasteiger partial charge on any atom is 0.387 e. The van der Waals surface area contributed by atoms with Crippen LogP contribution in [-0.2, 0) is 11.2 Å². The van der Waals surface area contributed by atoms with Crippen LogP contribution in [0.25, 0.3) is 0 Å². The minimum atomic E-state index is -2.85. The molecule has 0 fully saturated rings. The Kier molecular flexibility index (Phi) is 7.28. The van der Waals surface area contributed by atoms with Gasteiger partial charge in [0.1, 0.15) is 5.75 Å². The average molecular weight is 376 g/mol. The van der Waals surface area contributed by atoms with E-state index in [2.05, 4.69) is 15.4 Å². The van der Waals surface area contributed by atoms with Crippen molar-refractivity contribution in [2.45, 2.75) is 26.9 Å². The van der Waals surface area contributed by atoms with E-state index < -0.39 is 6.61 Å². The molecule has 0 atom stereocenters. The molecule has 2 aromatic rings. The largest absolute Gasteiger partial charge is 0.435 e. The van der Waals surface area contributed by atoms with Crippen molar-refractivity contribution in [1.29, 1.82) is 0 Å². The molecule has 2 aromatic carbocycles. The van der Waals surface area contributed by atoms with Gasteiger partial charge in [0, 0.05) is 12.1 Å². The van der Waals surface area contributed by atoms with E-state index in [1.165, 1.54) is 12.1 Å². The van der Waals surface area contributed by atoms with Crippen LogP contribution < -0.4 is 15.4 Å². The van der Waals surface area contributed by atoms with E-state index >= 15 is 0 Å². The van der Waals surface area contributed by atoms with Gasteiger partial charge in [-0.3, -0.25) is 9.59 Å². The first-order valence-electron chi connectivity index (χ1n) is 8.50. The van der Waals surface area contributed by atoms with Gasteiger partial charge in [-0.05, 0) is 50.1 Å². The molecule has 7 heteroatoms. The van der Waals surface area contributed by atoms with Crippen molar-refractivity contribution in [3.05, 3.63) is 64.7 Å².